The average Bonchev–Trinajstić information content (AvgIpc) is 2.56. The Morgan fingerprint density at radius 1 is 0.760 bits per heavy atom. The Balaban J connectivity index is 1.44. The first kappa shape index (κ1) is 17.2. The van der Waals surface area contributed by atoms with Crippen LogP contribution >= 0.6 is 0 Å². The number of hydrogen-bond donors (Lipinski definition) is 2. The second kappa shape index (κ2) is 7.99. The van der Waals surface area contributed by atoms with Crippen LogP contribution in [0.5, 0.6) is 0 Å². The quantitative estimate of drug-likeness (QED) is 0.744. The second-order valence-electron chi connectivity index (χ2n) is 8.58. The third kappa shape index (κ3) is 3.97. The van der Waals surface area contributed by atoms with Crippen molar-refractivity contribution in [1.82, 2.24) is 4.90 Å². The molecule has 1 aliphatic carbocycles. The van der Waals surface area contributed by atoms with Gasteiger partial charge in [0.25, 0.3) is 0 Å². The number of hydrogen-bond acceptors (Lipinski definition) is 3. The van der Waals surface area contributed by atoms with Crippen LogP contribution in [0, 0.1) is 0 Å². The molecule has 0 radical (unpaired) electrons. The van der Waals surface area contributed by atoms with Crippen molar-refractivity contribution in [3.63, 3.8) is 0 Å². The normalized spacial score (nSPS) is 31.9. The van der Waals surface area contributed by atoms with Gasteiger partial charge in [0.2, 0.25) is 0 Å². The molecule has 1 aromatic rings. The summed E-state index contributed by atoms with van der Waals surface area (Å²) in [7, 11) is 0. The number of nitrogens with two attached hydrogens (primary N) is 1. The Labute approximate surface area is 153 Å². The SMILES string of the molecule is Nc1ccccc1NC1C[C@H]2CCC[C@@H](C1)N2C1CCCCCCC1. The van der Waals surface area contributed by atoms with Crippen LogP contribution in [0.25, 0.3) is 0 Å². The number of piperidine rings is 2. The summed E-state index contributed by atoms with van der Waals surface area (Å²) in [4.78, 5) is 2.99. The topological polar surface area (TPSA) is 41.3 Å². The number of benzene rings is 1. The molecule has 2 heterocycles. The van der Waals surface area contributed by atoms with E-state index >= 15 is 0 Å². The summed E-state index contributed by atoms with van der Waals surface area (Å²) in [6, 6.07) is 11.3. The van der Waals surface area contributed by atoms with Crippen LogP contribution in [0.2, 0.25) is 0 Å². The zero-order chi connectivity index (χ0) is 17.1. The fraction of sp³-hybridized carbons (Fsp3) is 0.727. The molecule has 2 bridgehead atoms. The number of anilines is 2. The Hall–Kier alpha value is -1.22. The summed E-state index contributed by atoms with van der Waals surface area (Å²) in [6.45, 7) is 0. The monoisotopic (exact) mass is 341 g/mol. The first-order valence-corrected chi connectivity index (χ1v) is 10.7. The number of para-hydroxylation sites is 2. The summed E-state index contributed by atoms with van der Waals surface area (Å²) >= 11 is 0. The van der Waals surface area contributed by atoms with Gasteiger partial charge in [-0.25, -0.2) is 0 Å². The van der Waals surface area contributed by atoms with Crippen molar-refractivity contribution >= 4 is 11.4 Å². The predicted molar refractivity (Wildman–Crippen MR) is 107 cm³/mol. The van der Waals surface area contributed by atoms with Crippen molar-refractivity contribution in [1.29, 1.82) is 0 Å². The van der Waals surface area contributed by atoms with Crippen molar-refractivity contribution in [3.05, 3.63) is 24.3 Å². The smallest absolute Gasteiger partial charge is 0.0576 e. The molecule has 1 saturated carbocycles. The number of nitrogens with one attached hydrogen (secondary N) is 1. The van der Waals surface area contributed by atoms with Gasteiger partial charge in [-0.05, 0) is 50.7 Å². The van der Waals surface area contributed by atoms with Gasteiger partial charge >= 0.3 is 0 Å². The standard InChI is InChI=1S/C22H35N3/c23-21-13-6-7-14-22(21)24-17-15-19-11-8-12-20(16-17)25(19)18-9-4-2-1-3-5-10-18/h6-7,13-14,17-20,24H,1-5,8-12,15-16,23H2/t17?,19-,20+. The van der Waals surface area contributed by atoms with Crippen LogP contribution in [-0.4, -0.2) is 29.1 Å². The van der Waals surface area contributed by atoms with Crippen LogP contribution in [0.15, 0.2) is 24.3 Å². The zero-order valence-electron chi connectivity index (χ0n) is 15.6. The highest BCUT2D eigenvalue weighted by Gasteiger charge is 2.41. The van der Waals surface area contributed by atoms with Gasteiger partial charge in [-0.15, -0.1) is 0 Å². The fourth-order valence-corrected chi connectivity index (χ4v) is 5.71. The summed E-state index contributed by atoms with van der Waals surface area (Å²) < 4.78 is 0. The van der Waals surface area contributed by atoms with Gasteiger partial charge < -0.3 is 11.1 Å². The van der Waals surface area contributed by atoms with Gasteiger partial charge in [0.05, 0.1) is 11.4 Å². The molecule has 0 aromatic heterocycles. The van der Waals surface area contributed by atoms with Crippen LogP contribution in [0.3, 0.4) is 0 Å². The Bertz CT molecular complexity index is 536. The van der Waals surface area contributed by atoms with E-state index in [4.69, 9.17) is 5.73 Å². The minimum atomic E-state index is 0.588. The van der Waals surface area contributed by atoms with Crippen LogP contribution < -0.4 is 11.1 Å². The number of nitrogens with zero attached hydrogens (tertiary/aromatic N) is 1. The molecule has 138 valence electrons. The van der Waals surface area contributed by atoms with Crippen molar-refractivity contribution < 1.29 is 0 Å². The van der Waals surface area contributed by atoms with Crippen molar-refractivity contribution in [2.75, 3.05) is 11.1 Å². The first-order chi connectivity index (χ1) is 12.3. The lowest BCUT2D eigenvalue weighted by Crippen LogP contribution is -2.58. The van der Waals surface area contributed by atoms with Crippen molar-refractivity contribution in [3.8, 4) is 0 Å². The molecular weight excluding hydrogens is 306 g/mol. The second-order valence-corrected chi connectivity index (χ2v) is 8.58. The summed E-state index contributed by atoms with van der Waals surface area (Å²) in [5.41, 5.74) is 8.17. The molecule has 25 heavy (non-hydrogen) atoms. The molecule has 3 atom stereocenters. The van der Waals surface area contributed by atoms with E-state index in [1.165, 1.54) is 77.0 Å². The molecule has 0 amide bonds. The lowest BCUT2D eigenvalue weighted by atomic mass is 9.79. The largest absolute Gasteiger partial charge is 0.397 e. The van der Waals surface area contributed by atoms with Gasteiger partial charge in [-0.3, -0.25) is 4.90 Å². The van der Waals surface area contributed by atoms with Gasteiger partial charge in [0.15, 0.2) is 0 Å². The maximum Gasteiger partial charge on any atom is 0.0576 e. The number of nitrogen functional groups attached to an aromatic ring is 1. The van der Waals surface area contributed by atoms with Crippen LogP contribution in [-0.2, 0) is 0 Å². The van der Waals surface area contributed by atoms with Crippen molar-refractivity contribution in [2.24, 2.45) is 0 Å². The Morgan fingerprint density at radius 2 is 1.36 bits per heavy atom. The Kier molecular flexibility index (Phi) is 5.50. The summed E-state index contributed by atoms with van der Waals surface area (Å²) in [5, 5.41) is 3.77. The molecule has 2 aliphatic heterocycles. The minimum absolute atomic E-state index is 0.588. The molecular formula is C22H35N3. The maximum atomic E-state index is 6.16. The number of fused-ring (bicyclic) bond motifs is 2. The molecule has 4 rings (SSSR count). The Morgan fingerprint density at radius 3 is 2.04 bits per heavy atom. The van der Waals surface area contributed by atoms with Crippen molar-refractivity contribution in [2.45, 2.75) is 101 Å². The van der Waals surface area contributed by atoms with E-state index in [1.54, 1.807) is 0 Å². The lowest BCUT2D eigenvalue weighted by Gasteiger charge is -2.53. The fourth-order valence-electron chi connectivity index (χ4n) is 5.71. The molecule has 3 fully saturated rings. The molecule has 1 aromatic carbocycles. The minimum Gasteiger partial charge on any atom is -0.397 e. The average molecular weight is 342 g/mol. The van der Waals surface area contributed by atoms with Crippen LogP contribution in [0.1, 0.15) is 77.0 Å². The summed E-state index contributed by atoms with van der Waals surface area (Å²) in [5.74, 6) is 0. The van der Waals surface area contributed by atoms with Gasteiger partial charge in [0, 0.05) is 24.2 Å². The lowest BCUT2D eigenvalue weighted by molar-refractivity contribution is -0.0111. The van der Waals surface area contributed by atoms with E-state index in [0.717, 1.165) is 29.5 Å². The van der Waals surface area contributed by atoms with Gasteiger partial charge in [-0.2, -0.15) is 0 Å². The highest BCUT2D eigenvalue weighted by molar-refractivity contribution is 5.66. The molecule has 3 N–H and O–H groups in total. The number of rotatable bonds is 3. The molecule has 1 unspecified atom stereocenters. The van der Waals surface area contributed by atoms with E-state index in [0.29, 0.717) is 6.04 Å². The van der Waals surface area contributed by atoms with Gasteiger partial charge in [0.1, 0.15) is 0 Å². The highest BCUT2D eigenvalue weighted by Crippen LogP contribution is 2.39. The predicted octanol–water partition coefficient (Wildman–Crippen LogP) is 5.18. The van der Waals surface area contributed by atoms with Crippen LogP contribution in [0.4, 0.5) is 11.4 Å². The molecule has 2 saturated heterocycles. The summed E-state index contributed by atoms with van der Waals surface area (Å²) in [6.07, 6.45) is 17.0. The van der Waals surface area contributed by atoms with Gasteiger partial charge in [-0.1, -0.05) is 50.7 Å². The zero-order valence-corrected chi connectivity index (χ0v) is 15.6. The molecule has 3 nitrogen and oxygen atoms in total. The highest BCUT2D eigenvalue weighted by atomic mass is 15.2. The molecule has 3 aliphatic rings. The first-order valence-electron chi connectivity index (χ1n) is 10.7. The van der Waals surface area contributed by atoms with E-state index in [-0.39, 0.29) is 0 Å². The maximum absolute atomic E-state index is 6.16. The van der Waals surface area contributed by atoms with E-state index in [9.17, 15) is 0 Å². The van der Waals surface area contributed by atoms with E-state index < -0.39 is 0 Å². The third-order valence-corrected chi connectivity index (χ3v) is 6.85. The molecule has 0 spiro atoms. The molecule has 3 heteroatoms. The van der Waals surface area contributed by atoms with E-state index in [1.807, 2.05) is 12.1 Å². The third-order valence-electron chi connectivity index (χ3n) is 6.85. The van der Waals surface area contributed by atoms with E-state index in [2.05, 4.69) is 22.3 Å².